The number of amides is 1. The first-order valence-corrected chi connectivity index (χ1v) is 9.56. The number of hydrogen-bond donors (Lipinski definition) is 1. The van der Waals surface area contributed by atoms with Crippen LogP contribution in [-0.2, 0) is 6.42 Å². The molecule has 0 atom stereocenters. The number of benzene rings is 3. The fourth-order valence-corrected chi connectivity index (χ4v) is 3.37. The van der Waals surface area contributed by atoms with E-state index in [9.17, 15) is 4.79 Å². The van der Waals surface area contributed by atoms with Gasteiger partial charge in [-0.2, -0.15) is 0 Å². The number of aromatic nitrogens is 2. The molecule has 0 unspecified atom stereocenters. The van der Waals surface area contributed by atoms with Crippen LogP contribution in [0.3, 0.4) is 0 Å². The topological polar surface area (TPSA) is 68.0 Å². The van der Waals surface area contributed by atoms with Gasteiger partial charge in [-0.1, -0.05) is 70.8 Å². The largest absolute Gasteiger partial charge is 0.403 e. The number of rotatable bonds is 5. The van der Waals surface area contributed by atoms with E-state index in [2.05, 4.69) is 27.6 Å². The molecule has 144 valence electrons. The highest BCUT2D eigenvalue weighted by Gasteiger charge is 2.14. The Bertz CT molecular complexity index is 1120. The third-order valence-electron chi connectivity index (χ3n) is 4.22. The predicted octanol–water partition coefficient (Wildman–Crippen LogP) is 5.89. The Kier molecular flexibility index (Phi) is 5.60. The fourth-order valence-electron chi connectivity index (χ4n) is 2.84. The van der Waals surface area contributed by atoms with Gasteiger partial charge in [0.15, 0.2) is 0 Å². The molecule has 1 N–H and O–H groups in total. The zero-order valence-corrected chi connectivity index (χ0v) is 16.6. The summed E-state index contributed by atoms with van der Waals surface area (Å²) in [4.78, 5) is 12.5. The van der Waals surface area contributed by atoms with Gasteiger partial charge in [0.05, 0.1) is 0 Å². The maximum atomic E-state index is 12.5. The highest BCUT2D eigenvalue weighted by atomic mass is 35.5. The standard InChI is InChI=1S/C22H15Cl2N3O2/c23-18-11-17(12-19(24)13-18)21-26-27-22(29-21)25-20(28)16-8-6-15(7-9-16)10-14-4-2-1-3-5-14/h1-9,11-13H,10H2,(H,25,27,28). The molecule has 0 bridgehead atoms. The van der Waals surface area contributed by atoms with Crippen molar-refractivity contribution in [1.29, 1.82) is 0 Å². The second-order valence-electron chi connectivity index (χ2n) is 6.38. The summed E-state index contributed by atoms with van der Waals surface area (Å²) in [6.45, 7) is 0. The van der Waals surface area contributed by atoms with Crippen LogP contribution in [0.5, 0.6) is 0 Å². The lowest BCUT2D eigenvalue weighted by Crippen LogP contribution is -2.12. The molecule has 0 aliphatic heterocycles. The summed E-state index contributed by atoms with van der Waals surface area (Å²) < 4.78 is 5.50. The highest BCUT2D eigenvalue weighted by molar-refractivity contribution is 6.35. The minimum absolute atomic E-state index is 0.00513. The van der Waals surface area contributed by atoms with Crippen LogP contribution in [0.1, 0.15) is 21.5 Å². The smallest absolute Gasteiger partial charge is 0.322 e. The molecule has 4 rings (SSSR count). The van der Waals surface area contributed by atoms with Crippen LogP contribution < -0.4 is 5.32 Å². The number of hydrogen-bond acceptors (Lipinski definition) is 4. The number of anilines is 1. The second-order valence-corrected chi connectivity index (χ2v) is 7.26. The minimum atomic E-state index is -0.337. The van der Waals surface area contributed by atoms with E-state index in [0.29, 0.717) is 21.2 Å². The van der Waals surface area contributed by atoms with Crippen molar-refractivity contribution in [3.8, 4) is 11.5 Å². The Morgan fingerprint density at radius 3 is 2.21 bits per heavy atom. The summed E-state index contributed by atoms with van der Waals surface area (Å²) in [5.74, 6) is -0.126. The molecule has 0 saturated heterocycles. The van der Waals surface area contributed by atoms with Gasteiger partial charge in [0, 0.05) is 21.2 Å². The van der Waals surface area contributed by atoms with Gasteiger partial charge < -0.3 is 4.42 Å². The maximum absolute atomic E-state index is 12.5. The van der Waals surface area contributed by atoms with E-state index in [1.54, 1.807) is 30.3 Å². The molecular weight excluding hydrogens is 409 g/mol. The average molecular weight is 424 g/mol. The zero-order valence-electron chi connectivity index (χ0n) is 15.1. The van der Waals surface area contributed by atoms with Gasteiger partial charge in [-0.05, 0) is 47.9 Å². The van der Waals surface area contributed by atoms with Gasteiger partial charge in [-0.3, -0.25) is 10.1 Å². The third-order valence-corrected chi connectivity index (χ3v) is 4.66. The lowest BCUT2D eigenvalue weighted by molar-refractivity contribution is 0.102. The summed E-state index contributed by atoms with van der Waals surface area (Å²) in [6.07, 6.45) is 0.804. The third kappa shape index (κ3) is 4.83. The van der Waals surface area contributed by atoms with Crippen LogP contribution in [0.4, 0.5) is 6.01 Å². The zero-order chi connectivity index (χ0) is 20.2. The number of carbonyl (C=O) groups excluding carboxylic acids is 1. The fraction of sp³-hybridized carbons (Fsp3) is 0.0455. The first kappa shape index (κ1) is 19.2. The second kappa shape index (κ2) is 8.47. The van der Waals surface area contributed by atoms with Crippen LogP contribution in [0.15, 0.2) is 77.2 Å². The predicted molar refractivity (Wildman–Crippen MR) is 113 cm³/mol. The number of nitrogens with zero attached hydrogens (tertiary/aromatic N) is 2. The van der Waals surface area contributed by atoms with Crippen molar-refractivity contribution >= 4 is 35.1 Å². The summed E-state index contributed by atoms with van der Waals surface area (Å²) in [5.41, 5.74) is 3.39. The van der Waals surface area contributed by atoms with Gasteiger partial charge in [0.25, 0.3) is 5.91 Å². The van der Waals surface area contributed by atoms with Crippen molar-refractivity contribution < 1.29 is 9.21 Å². The number of halogens is 2. The van der Waals surface area contributed by atoms with Gasteiger partial charge in [-0.25, -0.2) is 0 Å². The Balaban J connectivity index is 1.43. The molecule has 1 amide bonds. The van der Waals surface area contributed by atoms with Gasteiger partial charge in [0.1, 0.15) is 0 Å². The van der Waals surface area contributed by atoms with Crippen molar-refractivity contribution in [2.24, 2.45) is 0 Å². The van der Waals surface area contributed by atoms with Gasteiger partial charge in [0.2, 0.25) is 5.89 Å². The number of nitrogens with one attached hydrogen (secondary N) is 1. The molecule has 0 spiro atoms. The molecular formula is C22H15Cl2N3O2. The molecule has 0 saturated carbocycles. The Labute approximate surface area is 177 Å². The molecule has 5 nitrogen and oxygen atoms in total. The molecule has 0 fully saturated rings. The highest BCUT2D eigenvalue weighted by Crippen LogP contribution is 2.27. The first-order chi connectivity index (χ1) is 14.1. The van der Waals surface area contributed by atoms with Crippen LogP contribution in [-0.4, -0.2) is 16.1 Å². The summed E-state index contributed by atoms with van der Waals surface area (Å²) in [5, 5.41) is 11.3. The van der Waals surface area contributed by atoms with Crippen molar-refractivity contribution in [3.63, 3.8) is 0 Å². The monoisotopic (exact) mass is 423 g/mol. The Morgan fingerprint density at radius 1 is 0.862 bits per heavy atom. The van der Waals surface area contributed by atoms with E-state index in [1.165, 1.54) is 5.56 Å². The van der Waals surface area contributed by atoms with Crippen LogP contribution in [0.25, 0.3) is 11.5 Å². The van der Waals surface area contributed by atoms with Gasteiger partial charge in [-0.15, -0.1) is 5.10 Å². The van der Waals surface area contributed by atoms with Crippen molar-refractivity contribution in [3.05, 3.63) is 99.5 Å². The van der Waals surface area contributed by atoms with E-state index in [-0.39, 0.29) is 17.8 Å². The quantitative estimate of drug-likeness (QED) is 0.434. The van der Waals surface area contributed by atoms with E-state index in [1.807, 2.05) is 30.3 Å². The van der Waals surface area contributed by atoms with Crippen LogP contribution >= 0.6 is 23.2 Å². The minimum Gasteiger partial charge on any atom is -0.403 e. The lowest BCUT2D eigenvalue weighted by Gasteiger charge is -2.04. The summed E-state index contributed by atoms with van der Waals surface area (Å²) in [6, 6.07) is 22.4. The van der Waals surface area contributed by atoms with Crippen LogP contribution in [0, 0.1) is 0 Å². The molecule has 3 aromatic carbocycles. The van der Waals surface area contributed by atoms with Gasteiger partial charge >= 0.3 is 6.01 Å². The molecule has 7 heteroatoms. The maximum Gasteiger partial charge on any atom is 0.322 e. The Morgan fingerprint density at radius 2 is 1.52 bits per heavy atom. The van der Waals surface area contributed by atoms with E-state index >= 15 is 0 Å². The summed E-state index contributed by atoms with van der Waals surface area (Å²) in [7, 11) is 0. The first-order valence-electron chi connectivity index (χ1n) is 8.81. The van der Waals surface area contributed by atoms with E-state index in [4.69, 9.17) is 27.6 Å². The van der Waals surface area contributed by atoms with Crippen molar-refractivity contribution in [2.45, 2.75) is 6.42 Å². The van der Waals surface area contributed by atoms with Crippen molar-refractivity contribution in [1.82, 2.24) is 10.2 Å². The van der Waals surface area contributed by atoms with E-state index < -0.39 is 0 Å². The normalized spacial score (nSPS) is 10.7. The SMILES string of the molecule is O=C(Nc1nnc(-c2cc(Cl)cc(Cl)c2)o1)c1ccc(Cc2ccccc2)cc1. The molecule has 0 aliphatic rings. The molecule has 0 radical (unpaired) electrons. The molecule has 1 heterocycles. The van der Waals surface area contributed by atoms with Crippen LogP contribution in [0.2, 0.25) is 10.0 Å². The Hall–Kier alpha value is -3.15. The molecule has 0 aliphatic carbocycles. The summed E-state index contributed by atoms with van der Waals surface area (Å²) >= 11 is 12.0. The molecule has 29 heavy (non-hydrogen) atoms. The van der Waals surface area contributed by atoms with Crippen molar-refractivity contribution in [2.75, 3.05) is 5.32 Å². The molecule has 4 aromatic rings. The lowest BCUT2D eigenvalue weighted by atomic mass is 10.0. The molecule has 1 aromatic heterocycles. The van der Waals surface area contributed by atoms with E-state index in [0.717, 1.165) is 12.0 Å². The average Bonchev–Trinajstić information content (AvgIpc) is 3.17. The number of carbonyl (C=O) groups is 1.